The topological polar surface area (TPSA) is 68.9 Å². The number of hydrogen-bond acceptors (Lipinski definition) is 4. The molecule has 1 fully saturated rings. The fraction of sp³-hybridized carbons (Fsp3) is 0.400. The lowest BCUT2D eigenvalue weighted by molar-refractivity contribution is -0.139. The van der Waals surface area contributed by atoms with E-state index in [1.54, 1.807) is 18.0 Å². The average Bonchev–Trinajstić information content (AvgIpc) is 2.56. The number of carbonyl (C=O) groups is 1. The third-order valence-electron chi connectivity index (χ3n) is 3.50. The van der Waals surface area contributed by atoms with Gasteiger partial charge in [-0.15, -0.1) is 17.6 Å². The van der Waals surface area contributed by atoms with Crippen LogP contribution in [-0.4, -0.2) is 53.2 Å². The molecule has 0 bridgehead atoms. The number of amides is 1. The van der Waals surface area contributed by atoms with Crippen LogP contribution in [0.25, 0.3) is 0 Å². The van der Waals surface area contributed by atoms with E-state index in [0.717, 1.165) is 4.47 Å². The van der Waals surface area contributed by atoms with E-state index in [4.69, 9.17) is 10.00 Å². The number of aliphatic imine (C=N–C) groups is 1. The summed E-state index contributed by atoms with van der Waals surface area (Å²) in [6.07, 6.45) is 1.16. The molecule has 0 saturated carbocycles. The number of benzene rings is 1. The van der Waals surface area contributed by atoms with Gasteiger partial charge in [0.05, 0.1) is 0 Å². The van der Waals surface area contributed by atoms with Gasteiger partial charge >= 0.3 is 0 Å². The molecule has 23 heavy (non-hydrogen) atoms. The zero-order valence-corrected chi connectivity index (χ0v) is 15.1. The molecule has 1 amide bonds. The molecule has 1 atom stereocenters. The van der Waals surface area contributed by atoms with Gasteiger partial charge in [0.2, 0.25) is 6.19 Å². The quantitative estimate of drug-likeness (QED) is 0.367. The Bertz CT molecular complexity index is 621. The van der Waals surface area contributed by atoms with Gasteiger partial charge in [0, 0.05) is 30.7 Å². The lowest BCUT2D eigenvalue weighted by Crippen LogP contribution is -2.52. The van der Waals surface area contributed by atoms with Gasteiger partial charge in [-0.05, 0) is 31.2 Å². The highest BCUT2D eigenvalue weighted by Crippen LogP contribution is 2.18. The zero-order chi connectivity index (χ0) is 16.8. The van der Waals surface area contributed by atoms with E-state index in [1.165, 1.54) is 0 Å². The summed E-state index contributed by atoms with van der Waals surface area (Å²) in [4.78, 5) is 19.7. The molecule has 1 aromatic rings. The Morgan fingerprint density at radius 2 is 1.87 bits per heavy atom. The number of carbonyl (C=O) groups excluding carboxylic acids is 1. The highest BCUT2D eigenvalue weighted by atomic mass is 79.9. The molecule has 1 aliphatic heterocycles. The van der Waals surface area contributed by atoms with Crippen LogP contribution in [0.15, 0.2) is 33.7 Å². The first-order valence-electron chi connectivity index (χ1n) is 7.13. The van der Waals surface area contributed by atoms with Crippen molar-refractivity contribution in [1.29, 1.82) is 5.26 Å². The van der Waals surface area contributed by atoms with Crippen molar-refractivity contribution in [2.24, 2.45) is 4.99 Å². The number of nitriles is 1. The summed E-state index contributed by atoms with van der Waals surface area (Å²) in [5.74, 6) is 0.608. The summed E-state index contributed by atoms with van der Waals surface area (Å²) in [6.45, 7) is 4.05. The third-order valence-corrected chi connectivity index (χ3v) is 4.41. The summed E-state index contributed by atoms with van der Waals surface area (Å²) in [5, 5.41) is 8.93. The van der Waals surface area contributed by atoms with Gasteiger partial charge in [0.25, 0.3) is 5.91 Å². The molecule has 0 radical (unpaired) electrons. The highest BCUT2D eigenvalue weighted by Gasteiger charge is 2.26. The van der Waals surface area contributed by atoms with Crippen molar-refractivity contribution >= 4 is 39.6 Å². The number of halogens is 1. The van der Waals surface area contributed by atoms with E-state index in [1.807, 2.05) is 29.2 Å². The molecule has 6 nitrogen and oxygen atoms in total. The summed E-state index contributed by atoms with van der Waals surface area (Å²) in [6, 6.07) is 7.37. The predicted molar refractivity (Wildman–Crippen MR) is 94.4 cm³/mol. The highest BCUT2D eigenvalue weighted by molar-refractivity contribution is 9.10. The van der Waals surface area contributed by atoms with Crippen LogP contribution < -0.4 is 4.74 Å². The third kappa shape index (κ3) is 4.88. The molecule has 2 rings (SSSR count). The molecular formula is C15H17BrN4O2S. The van der Waals surface area contributed by atoms with Gasteiger partial charge in [-0.2, -0.15) is 5.26 Å². The van der Waals surface area contributed by atoms with Gasteiger partial charge in [-0.1, -0.05) is 15.9 Å². The monoisotopic (exact) mass is 396 g/mol. The number of hydrogen-bond donors (Lipinski definition) is 1. The Hall–Kier alpha value is -1.72. The minimum atomic E-state index is -0.550. The number of rotatable bonds is 3. The normalized spacial score (nSPS) is 16.7. The first-order chi connectivity index (χ1) is 11.0. The number of piperazine rings is 1. The molecule has 0 aromatic heterocycles. The number of nitrogens with zero attached hydrogens (tertiary/aromatic N) is 4. The van der Waals surface area contributed by atoms with Crippen LogP contribution in [0.2, 0.25) is 0 Å². The first kappa shape index (κ1) is 17.6. The molecule has 1 saturated heterocycles. The zero-order valence-electron chi connectivity index (χ0n) is 12.6. The van der Waals surface area contributed by atoms with Crippen LogP contribution in [-0.2, 0) is 4.79 Å². The second-order valence-electron chi connectivity index (χ2n) is 5.04. The minimum absolute atomic E-state index is 0.0505. The lowest BCUT2D eigenvalue weighted by atomic mass is 10.2. The van der Waals surface area contributed by atoms with Gasteiger partial charge in [0.15, 0.2) is 11.3 Å². The SMILES string of the molecule is C[C@H](Oc1ccc(Br)cc1)C(=O)N1CCN(/C(S)=N/C#N)CC1. The largest absolute Gasteiger partial charge is 0.481 e. The Morgan fingerprint density at radius 1 is 1.30 bits per heavy atom. The molecule has 122 valence electrons. The average molecular weight is 397 g/mol. The molecular weight excluding hydrogens is 380 g/mol. The molecule has 8 heteroatoms. The van der Waals surface area contributed by atoms with Crippen molar-refractivity contribution in [2.75, 3.05) is 26.2 Å². The molecule has 0 unspecified atom stereocenters. The Labute approximate surface area is 149 Å². The molecule has 1 aliphatic rings. The summed E-state index contributed by atoms with van der Waals surface area (Å²) in [7, 11) is 0. The molecule has 1 aromatic carbocycles. The van der Waals surface area contributed by atoms with Crippen LogP contribution in [0.1, 0.15) is 6.92 Å². The van der Waals surface area contributed by atoms with Crippen LogP contribution in [0.4, 0.5) is 0 Å². The smallest absolute Gasteiger partial charge is 0.263 e. The Morgan fingerprint density at radius 3 is 2.43 bits per heavy atom. The lowest BCUT2D eigenvalue weighted by Gasteiger charge is -2.36. The fourth-order valence-electron chi connectivity index (χ4n) is 2.27. The Kier molecular flexibility index (Phi) is 6.30. The van der Waals surface area contributed by atoms with E-state index in [2.05, 4.69) is 33.6 Å². The molecule has 0 spiro atoms. The summed E-state index contributed by atoms with van der Waals surface area (Å²) < 4.78 is 6.65. The Balaban J connectivity index is 1.88. The molecule has 1 heterocycles. The van der Waals surface area contributed by atoms with Crippen molar-refractivity contribution in [1.82, 2.24) is 9.80 Å². The second kappa shape index (κ2) is 8.22. The van der Waals surface area contributed by atoms with Crippen molar-refractivity contribution in [3.05, 3.63) is 28.7 Å². The minimum Gasteiger partial charge on any atom is -0.481 e. The van der Waals surface area contributed by atoms with Crippen LogP contribution in [0.5, 0.6) is 5.75 Å². The maximum Gasteiger partial charge on any atom is 0.263 e. The maximum absolute atomic E-state index is 12.4. The molecule has 0 aliphatic carbocycles. The van der Waals surface area contributed by atoms with Crippen molar-refractivity contribution in [2.45, 2.75) is 13.0 Å². The second-order valence-corrected chi connectivity index (χ2v) is 6.35. The number of ether oxygens (including phenoxy) is 1. The van der Waals surface area contributed by atoms with Crippen LogP contribution in [0.3, 0.4) is 0 Å². The standard InChI is InChI=1S/C15H17BrN4O2S/c1-11(22-13-4-2-12(16)3-5-13)14(21)19-6-8-20(9-7-19)15(23)18-10-17/h2-5,11H,6-9H2,1H3,(H,18,23)/t11-/m0/s1. The van der Waals surface area contributed by atoms with E-state index in [9.17, 15) is 4.79 Å². The van der Waals surface area contributed by atoms with Crippen molar-refractivity contribution in [3.8, 4) is 11.9 Å². The molecule has 0 N–H and O–H groups in total. The van der Waals surface area contributed by atoms with Gasteiger partial charge < -0.3 is 14.5 Å². The van der Waals surface area contributed by atoms with Crippen LogP contribution >= 0.6 is 28.6 Å². The maximum atomic E-state index is 12.4. The van der Waals surface area contributed by atoms with Crippen LogP contribution in [0, 0.1) is 11.5 Å². The van der Waals surface area contributed by atoms with Gasteiger partial charge in [-0.3, -0.25) is 4.79 Å². The van der Waals surface area contributed by atoms with Crippen molar-refractivity contribution < 1.29 is 9.53 Å². The van der Waals surface area contributed by atoms with Gasteiger partial charge in [0.1, 0.15) is 5.75 Å². The van der Waals surface area contributed by atoms with E-state index in [0.29, 0.717) is 37.1 Å². The number of amidine groups is 1. The van der Waals surface area contributed by atoms with E-state index < -0.39 is 6.10 Å². The fourth-order valence-corrected chi connectivity index (χ4v) is 2.78. The van der Waals surface area contributed by atoms with E-state index in [-0.39, 0.29) is 5.91 Å². The predicted octanol–water partition coefficient (Wildman–Crippen LogP) is 2.13. The first-order valence-corrected chi connectivity index (χ1v) is 8.37. The summed E-state index contributed by atoms with van der Waals surface area (Å²) >= 11 is 7.53. The summed E-state index contributed by atoms with van der Waals surface area (Å²) in [5.41, 5.74) is 0. The van der Waals surface area contributed by atoms with Gasteiger partial charge in [-0.25, -0.2) is 0 Å². The van der Waals surface area contributed by atoms with E-state index >= 15 is 0 Å². The number of thiol groups is 1. The van der Waals surface area contributed by atoms with Crippen molar-refractivity contribution in [3.63, 3.8) is 0 Å².